The van der Waals surface area contributed by atoms with Crippen LogP contribution in [0.5, 0.6) is 0 Å². The minimum Gasteiger partial charge on any atom is -0.341 e. The smallest absolute Gasteiger partial charge is 0.0411 e. The van der Waals surface area contributed by atoms with Crippen molar-refractivity contribution in [3.8, 4) is 0 Å². The summed E-state index contributed by atoms with van der Waals surface area (Å²) in [5, 5.41) is 0. The Labute approximate surface area is 265 Å². The molecule has 0 radical (unpaired) electrons. The maximum absolute atomic E-state index is 2.59. The van der Waals surface area contributed by atoms with Crippen LogP contribution < -0.4 is 9.80 Å². The van der Waals surface area contributed by atoms with Gasteiger partial charge in [-0.05, 0) is 113 Å². The normalized spacial score (nSPS) is 14.7. The Morgan fingerprint density at radius 3 is 1.09 bits per heavy atom. The summed E-state index contributed by atoms with van der Waals surface area (Å²) < 4.78 is 0. The fraction of sp³-hybridized carbons (Fsp3) is 0.286. The zero-order valence-corrected chi connectivity index (χ0v) is 26.8. The third-order valence-corrected chi connectivity index (χ3v) is 9.69. The molecule has 0 aliphatic heterocycles. The third-order valence-electron chi connectivity index (χ3n) is 9.69. The average molecular weight is 579 g/mol. The van der Waals surface area contributed by atoms with Crippen molar-refractivity contribution < 1.29 is 0 Å². The SMILES string of the molecule is Cc1ccc(N(CC2(CN(c3ccc(C)cc3)c3ccc(C)cc3)CCC(c3ccccc3)CC2)c2ccc(C)cc2)cc1. The summed E-state index contributed by atoms with van der Waals surface area (Å²) in [5.74, 6) is 0.615. The minimum atomic E-state index is 0.0802. The standard InChI is InChI=1S/C42H46N2/c1-32-10-18-38(19-11-32)43(39-20-12-33(2)13-21-39)30-42(28-26-37(27-29-42)36-8-6-5-7-9-36)31-44(40-22-14-34(3)15-23-40)41-24-16-35(4)17-25-41/h5-25,37H,26-31H2,1-4H3. The highest BCUT2D eigenvalue weighted by Crippen LogP contribution is 2.47. The van der Waals surface area contributed by atoms with E-state index in [0.29, 0.717) is 5.92 Å². The monoisotopic (exact) mass is 578 g/mol. The molecule has 44 heavy (non-hydrogen) atoms. The van der Waals surface area contributed by atoms with Crippen LogP contribution in [0.2, 0.25) is 0 Å². The lowest BCUT2D eigenvalue weighted by molar-refractivity contribution is 0.191. The maximum atomic E-state index is 2.59. The second-order valence-corrected chi connectivity index (χ2v) is 13.2. The fourth-order valence-corrected chi connectivity index (χ4v) is 6.89. The molecule has 0 spiro atoms. The molecule has 1 aliphatic rings. The Kier molecular flexibility index (Phi) is 8.89. The molecular formula is C42H46N2. The van der Waals surface area contributed by atoms with Crippen LogP contribution in [0.1, 0.15) is 59.4 Å². The number of hydrogen-bond donors (Lipinski definition) is 0. The van der Waals surface area contributed by atoms with Gasteiger partial charge < -0.3 is 9.80 Å². The van der Waals surface area contributed by atoms with Gasteiger partial charge in [-0.3, -0.25) is 0 Å². The van der Waals surface area contributed by atoms with Crippen molar-refractivity contribution in [1.82, 2.24) is 0 Å². The van der Waals surface area contributed by atoms with Gasteiger partial charge in [-0.15, -0.1) is 0 Å². The van der Waals surface area contributed by atoms with Crippen molar-refractivity contribution in [2.75, 3.05) is 22.9 Å². The molecule has 1 fully saturated rings. The Hall–Kier alpha value is -4.30. The van der Waals surface area contributed by atoms with Crippen molar-refractivity contribution in [1.29, 1.82) is 0 Å². The van der Waals surface area contributed by atoms with E-state index in [4.69, 9.17) is 0 Å². The molecule has 0 unspecified atom stereocenters. The topological polar surface area (TPSA) is 6.48 Å². The number of nitrogens with zero attached hydrogens (tertiary/aromatic N) is 2. The molecule has 0 amide bonds. The molecule has 0 bridgehead atoms. The van der Waals surface area contributed by atoms with Gasteiger partial charge in [0.2, 0.25) is 0 Å². The number of hydrogen-bond acceptors (Lipinski definition) is 2. The molecule has 0 aromatic heterocycles. The van der Waals surface area contributed by atoms with Crippen LogP contribution >= 0.6 is 0 Å². The molecule has 1 saturated carbocycles. The molecule has 5 aromatic rings. The van der Waals surface area contributed by atoms with Crippen molar-refractivity contribution in [3.05, 3.63) is 155 Å². The molecule has 0 heterocycles. The Balaban J connectivity index is 1.41. The lowest BCUT2D eigenvalue weighted by Gasteiger charge is -2.47. The Morgan fingerprint density at radius 2 is 0.773 bits per heavy atom. The van der Waals surface area contributed by atoms with E-state index in [2.05, 4.69) is 165 Å². The van der Waals surface area contributed by atoms with Gasteiger partial charge >= 0.3 is 0 Å². The van der Waals surface area contributed by atoms with Crippen LogP contribution in [0.4, 0.5) is 22.7 Å². The lowest BCUT2D eigenvalue weighted by atomic mass is 9.68. The van der Waals surface area contributed by atoms with Gasteiger partial charge in [0.05, 0.1) is 0 Å². The molecule has 0 atom stereocenters. The van der Waals surface area contributed by atoms with Gasteiger partial charge in [0.25, 0.3) is 0 Å². The van der Waals surface area contributed by atoms with E-state index in [1.807, 2.05) is 0 Å². The summed E-state index contributed by atoms with van der Waals surface area (Å²) in [6.45, 7) is 10.6. The van der Waals surface area contributed by atoms with Crippen LogP contribution in [-0.2, 0) is 0 Å². The van der Waals surface area contributed by atoms with Gasteiger partial charge in [0, 0.05) is 41.3 Å². The number of rotatable bonds is 9. The molecular weight excluding hydrogens is 532 g/mol. The number of anilines is 4. The van der Waals surface area contributed by atoms with Gasteiger partial charge in [0.15, 0.2) is 0 Å². The number of aryl methyl sites for hydroxylation is 4. The van der Waals surface area contributed by atoms with Gasteiger partial charge in [-0.2, -0.15) is 0 Å². The molecule has 1 aliphatic carbocycles. The van der Waals surface area contributed by atoms with Crippen molar-refractivity contribution >= 4 is 22.7 Å². The highest BCUT2D eigenvalue weighted by molar-refractivity contribution is 5.66. The van der Waals surface area contributed by atoms with Crippen LogP contribution in [0, 0.1) is 33.1 Å². The molecule has 2 heteroatoms. The zero-order valence-electron chi connectivity index (χ0n) is 26.8. The Bertz CT molecular complexity index is 1420. The van der Waals surface area contributed by atoms with Gasteiger partial charge in [-0.1, -0.05) is 101 Å². The van der Waals surface area contributed by atoms with E-state index >= 15 is 0 Å². The van der Waals surface area contributed by atoms with E-state index in [9.17, 15) is 0 Å². The summed E-state index contributed by atoms with van der Waals surface area (Å²) in [7, 11) is 0. The first-order valence-corrected chi connectivity index (χ1v) is 16.2. The highest BCUT2D eigenvalue weighted by atomic mass is 15.2. The first-order chi connectivity index (χ1) is 21.4. The van der Waals surface area contributed by atoms with Crippen LogP contribution in [0.3, 0.4) is 0 Å². The second kappa shape index (κ2) is 13.1. The van der Waals surface area contributed by atoms with Gasteiger partial charge in [0.1, 0.15) is 0 Å². The predicted molar refractivity (Wildman–Crippen MR) is 189 cm³/mol. The van der Waals surface area contributed by atoms with Crippen LogP contribution in [0.15, 0.2) is 127 Å². The van der Waals surface area contributed by atoms with E-state index < -0.39 is 0 Å². The zero-order chi connectivity index (χ0) is 30.5. The van der Waals surface area contributed by atoms with E-state index in [1.165, 1.54) is 76.3 Å². The second-order valence-electron chi connectivity index (χ2n) is 13.2. The molecule has 6 rings (SSSR count). The Morgan fingerprint density at radius 1 is 0.455 bits per heavy atom. The molecule has 5 aromatic carbocycles. The maximum Gasteiger partial charge on any atom is 0.0411 e. The molecule has 0 N–H and O–H groups in total. The van der Waals surface area contributed by atoms with Crippen molar-refractivity contribution in [2.45, 2.75) is 59.3 Å². The van der Waals surface area contributed by atoms with E-state index in [-0.39, 0.29) is 5.41 Å². The van der Waals surface area contributed by atoms with Crippen LogP contribution in [-0.4, -0.2) is 13.1 Å². The summed E-state index contributed by atoms with van der Waals surface area (Å²) in [6.07, 6.45) is 4.76. The minimum absolute atomic E-state index is 0.0802. The van der Waals surface area contributed by atoms with E-state index in [1.54, 1.807) is 0 Å². The third kappa shape index (κ3) is 6.91. The van der Waals surface area contributed by atoms with Gasteiger partial charge in [-0.25, -0.2) is 0 Å². The van der Waals surface area contributed by atoms with Crippen molar-refractivity contribution in [2.24, 2.45) is 5.41 Å². The highest BCUT2D eigenvalue weighted by Gasteiger charge is 2.40. The lowest BCUT2D eigenvalue weighted by Crippen LogP contribution is -2.45. The average Bonchev–Trinajstić information content (AvgIpc) is 3.05. The van der Waals surface area contributed by atoms with E-state index in [0.717, 1.165) is 13.1 Å². The number of benzene rings is 5. The summed E-state index contributed by atoms with van der Waals surface area (Å²) in [6, 6.07) is 47.6. The first-order valence-electron chi connectivity index (χ1n) is 16.2. The summed E-state index contributed by atoms with van der Waals surface area (Å²) in [4.78, 5) is 5.17. The summed E-state index contributed by atoms with van der Waals surface area (Å²) >= 11 is 0. The first kappa shape index (κ1) is 29.8. The molecule has 224 valence electrons. The predicted octanol–water partition coefficient (Wildman–Crippen LogP) is 11.2. The largest absolute Gasteiger partial charge is 0.341 e. The van der Waals surface area contributed by atoms with Crippen LogP contribution in [0.25, 0.3) is 0 Å². The summed E-state index contributed by atoms with van der Waals surface area (Å²) in [5.41, 5.74) is 11.8. The fourth-order valence-electron chi connectivity index (χ4n) is 6.89. The quantitative estimate of drug-likeness (QED) is 0.172. The molecule has 0 saturated heterocycles. The molecule has 2 nitrogen and oxygen atoms in total. The van der Waals surface area contributed by atoms with Crippen molar-refractivity contribution in [3.63, 3.8) is 0 Å².